The predicted octanol–water partition coefficient (Wildman–Crippen LogP) is 4.75. The molecule has 0 unspecified atom stereocenters. The second-order valence-electron chi connectivity index (χ2n) is 9.98. The average Bonchev–Trinajstić information content (AvgIpc) is 3.72. The molecule has 51 heavy (non-hydrogen) atoms. The maximum atomic E-state index is 11.3. The van der Waals surface area contributed by atoms with Crippen molar-refractivity contribution in [3.8, 4) is 34.3 Å². The number of rotatable bonds is 10. The zero-order chi connectivity index (χ0) is 35.9. The van der Waals surface area contributed by atoms with Gasteiger partial charge in [-0.3, -0.25) is 9.36 Å². The van der Waals surface area contributed by atoms with E-state index in [9.17, 15) is 19.8 Å². The molecule has 21 heteroatoms. The number of hydrogen-bond donors (Lipinski definition) is 4. The van der Waals surface area contributed by atoms with Gasteiger partial charge < -0.3 is 30.3 Å². The first-order valence-electron chi connectivity index (χ1n) is 14.1. The van der Waals surface area contributed by atoms with Crippen molar-refractivity contribution < 1.29 is 48.8 Å². The number of nitrogens with zero attached hydrogens (tertiary/aromatic N) is 10. The normalized spacial score (nSPS) is 10.3. The summed E-state index contributed by atoms with van der Waals surface area (Å²) in [6, 6.07) is 13.4. The SMILES string of the molecule is COc1c(Nc2cc(Cl)nnc2C(=O)O)cccc1-c1ncn(C)n1.COc1c(Nc2cc(Cl)nnc2C(=O)O)cccc1-c1ncn(C)n1.[Zn]. The van der Waals surface area contributed by atoms with Crippen LogP contribution in [-0.2, 0) is 33.6 Å². The molecule has 18 nitrogen and oxygen atoms in total. The quantitative estimate of drug-likeness (QED) is 0.137. The van der Waals surface area contributed by atoms with Gasteiger partial charge in [-0.05, 0) is 24.3 Å². The van der Waals surface area contributed by atoms with E-state index in [1.54, 1.807) is 72.5 Å². The van der Waals surface area contributed by atoms with Gasteiger partial charge in [0.05, 0.1) is 48.1 Å². The minimum Gasteiger partial charge on any atom is -0.494 e. The Kier molecular flexibility index (Phi) is 12.5. The zero-order valence-electron chi connectivity index (χ0n) is 27.2. The van der Waals surface area contributed by atoms with Crippen LogP contribution in [0.4, 0.5) is 22.7 Å². The first kappa shape index (κ1) is 38.0. The third-order valence-corrected chi connectivity index (χ3v) is 6.96. The summed E-state index contributed by atoms with van der Waals surface area (Å²) in [5.74, 6) is -0.586. The van der Waals surface area contributed by atoms with Crippen molar-refractivity contribution in [1.82, 2.24) is 49.9 Å². The molecule has 0 radical (unpaired) electrons. The molecule has 0 aliphatic heterocycles. The second-order valence-corrected chi connectivity index (χ2v) is 10.7. The summed E-state index contributed by atoms with van der Waals surface area (Å²) in [7, 11) is 6.52. The van der Waals surface area contributed by atoms with Crippen molar-refractivity contribution in [3.05, 3.63) is 82.9 Å². The van der Waals surface area contributed by atoms with Crippen molar-refractivity contribution in [2.24, 2.45) is 14.1 Å². The third-order valence-electron chi connectivity index (χ3n) is 6.59. The van der Waals surface area contributed by atoms with E-state index in [0.717, 1.165) is 0 Å². The summed E-state index contributed by atoms with van der Waals surface area (Å²) in [5, 5.41) is 47.4. The van der Waals surface area contributed by atoms with Crippen LogP contribution in [0.2, 0.25) is 10.3 Å². The van der Waals surface area contributed by atoms with Crippen molar-refractivity contribution in [1.29, 1.82) is 0 Å². The maximum absolute atomic E-state index is 11.3. The van der Waals surface area contributed by atoms with Gasteiger partial charge in [-0.2, -0.15) is 10.2 Å². The van der Waals surface area contributed by atoms with E-state index in [0.29, 0.717) is 45.6 Å². The Balaban J connectivity index is 0.000000224. The number of carboxylic acids is 2. The Morgan fingerprint density at radius 2 is 1.06 bits per heavy atom. The summed E-state index contributed by atoms with van der Waals surface area (Å²) in [5.41, 5.74) is 2.20. The van der Waals surface area contributed by atoms with Crippen LogP contribution in [0.5, 0.6) is 11.5 Å². The first-order chi connectivity index (χ1) is 24.0. The van der Waals surface area contributed by atoms with Crippen LogP contribution in [-0.4, -0.2) is 86.3 Å². The molecule has 4 heterocycles. The molecule has 0 spiro atoms. The molecule has 0 atom stereocenters. The van der Waals surface area contributed by atoms with E-state index in [1.807, 2.05) is 0 Å². The number of hydrogen-bond acceptors (Lipinski definition) is 14. The number of methoxy groups -OCH3 is 2. The molecule has 0 aliphatic rings. The smallest absolute Gasteiger partial charge is 0.358 e. The number of aryl methyl sites for hydroxylation is 2. The summed E-state index contributed by atoms with van der Waals surface area (Å²) < 4.78 is 14.1. The number of carbonyl (C=O) groups is 2. The number of benzene rings is 2. The number of aromatic nitrogens is 10. The van der Waals surface area contributed by atoms with Gasteiger partial charge >= 0.3 is 11.9 Å². The average molecular weight is 787 g/mol. The monoisotopic (exact) mass is 784 g/mol. The van der Waals surface area contributed by atoms with Crippen LogP contribution in [0.25, 0.3) is 22.8 Å². The van der Waals surface area contributed by atoms with Crippen molar-refractivity contribution in [2.75, 3.05) is 24.9 Å². The van der Waals surface area contributed by atoms with Crippen LogP contribution in [0.15, 0.2) is 61.2 Å². The molecule has 0 amide bonds. The van der Waals surface area contributed by atoms with Crippen molar-refractivity contribution >= 4 is 57.9 Å². The Bertz CT molecular complexity index is 2050. The van der Waals surface area contributed by atoms with Gasteiger partial charge in [-0.1, -0.05) is 35.3 Å². The van der Waals surface area contributed by atoms with Gasteiger partial charge in [0, 0.05) is 45.7 Å². The van der Waals surface area contributed by atoms with Crippen LogP contribution in [0, 0.1) is 0 Å². The number of ether oxygens (including phenoxy) is 2. The molecule has 6 rings (SSSR count). The molecule has 0 aliphatic carbocycles. The van der Waals surface area contributed by atoms with Gasteiger partial charge in [0.2, 0.25) is 0 Å². The van der Waals surface area contributed by atoms with E-state index in [1.165, 1.54) is 26.4 Å². The number of halogens is 2. The maximum Gasteiger partial charge on any atom is 0.358 e. The van der Waals surface area contributed by atoms with Crippen molar-refractivity contribution in [3.63, 3.8) is 0 Å². The summed E-state index contributed by atoms with van der Waals surface area (Å²) >= 11 is 11.7. The molecular weight excluding hydrogens is 761 g/mol. The number of para-hydroxylation sites is 2. The van der Waals surface area contributed by atoms with Crippen LogP contribution in [0.1, 0.15) is 21.0 Å². The van der Waals surface area contributed by atoms with E-state index < -0.39 is 11.9 Å². The van der Waals surface area contributed by atoms with Crippen LogP contribution >= 0.6 is 23.2 Å². The number of carboxylic acid groups (broad SMARTS) is 2. The topological polar surface area (TPSA) is 230 Å². The van der Waals surface area contributed by atoms with Gasteiger partial charge in [0.15, 0.2) is 44.8 Å². The van der Waals surface area contributed by atoms with Gasteiger partial charge in [0.25, 0.3) is 0 Å². The van der Waals surface area contributed by atoms with Crippen LogP contribution < -0.4 is 20.1 Å². The molecule has 4 N–H and O–H groups in total. The Morgan fingerprint density at radius 1 is 0.667 bits per heavy atom. The Morgan fingerprint density at radius 3 is 1.37 bits per heavy atom. The number of anilines is 4. The van der Waals surface area contributed by atoms with E-state index in [-0.39, 0.29) is 52.5 Å². The fourth-order valence-electron chi connectivity index (χ4n) is 4.52. The molecule has 0 saturated carbocycles. The summed E-state index contributed by atoms with van der Waals surface area (Å²) in [4.78, 5) is 31.1. The number of aromatic carboxylic acids is 2. The molecular formula is C30H26Cl2N12O6Zn. The standard InChI is InChI=1S/2C15H13ClN6O3.Zn/c2*1-22-7-17-14(21-22)8-4-3-5-9(13(8)25-2)18-10-6-11(16)19-20-12(10)15(23)24;/h2*3-7H,1-2H3,(H,18,19)(H,23,24);. The molecule has 0 saturated heterocycles. The van der Waals surface area contributed by atoms with E-state index >= 15 is 0 Å². The van der Waals surface area contributed by atoms with Gasteiger partial charge in [-0.25, -0.2) is 19.6 Å². The second kappa shape index (κ2) is 16.8. The van der Waals surface area contributed by atoms with Gasteiger partial charge in [0.1, 0.15) is 12.7 Å². The van der Waals surface area contributed by atoms with Crippen LogP contribution in [0.3, 0.4) is 0 Å². The predicted molar refractivity (Wildman–Crippen MR) is 181 cm³/mol. The summed E-state index contributed by atoms with van der Waals surface area (Å²) in [6.45, 7) is 0. The largest absolute Gasteiger partial charge is 0.494 e. The molecule has 6 aromatic rings. The molecule has 4 aromatic heterocycles. The third kappa shape index (κ3) is 8.88. The molecule has 2 aromatic carbocycles. The fourth-order valence-corrected chi connectivity index (χ4v) is 4.81. The Hall–Kier alpha value is -5.78. The fraction of sp³-hybridized carbons (Fsp3) is 0.133. The van der Waals surface area contributed by atoms with Gasteiger partial charge in [-0.15, -0.1) is 20.4 Å². The van der Waals surface area contributed by atoms with E-state index in [4.69, 9.17) is 32.7 Å². The van der Waals surface area contributed by atoms with E-state index in [2.05, 4.69) is 51.2 Å². The first-order valence-corrected chi connectivity index (χ1v) is 14.9. The zero-order valence-corrected chi connectivity index (χ0v) is 31.7. The summed E-state index contributed by atoms with van der Waals surface area (Å²) in [6.07, 6.45) is 3.15. The molecule has 258 valence electrons. The van der Waals surface area contributed by atoms with Crippen molar-refractivity contribution in [2.45, 2.75) is 0 Å². The minimum absolute atomic E-state index is 0. The number of nitrogens with one attached hydrogen (secondary N) is 2. The Labute approximate surface area is 311 Å². The minimum atomic E-state index is -1.23. The molecule has 0 fully saturated rings. The molecule has 0 bridgehead atoms.